The summed E-state index contributed by atoms with van der Waals surface area (Å²) in [5.41, 5.74) is 11.2. The molecule has 0 amide bonds. The fraction of sp³-hybridized carbons (Fsp3) is 0.0909. The van der Waals surface area contributed by atoms with Crippen LogP contribution in [0, 0.1) is 0 Å². The summed E-state index contributed by atoms with van der Waals surface area (Å²) in [6.07, 6.45) is -4.68. The predicted octanol–water partition coefficient (Wildman–Crippen LogP) is 9.47. The van der Waals surface area contributed by atoms with Crippen molar-refractivity contribution >= 4 is 11.4 Å². The molecule has 44 heavy (non-hydrogen) atoms. The first-order valence-corrected chi connectivity index (χ1v) is 13.0. The number of hydrogen-bond acceptors (Lipinski definition) is 5. The van der Waals surface area contributed by atoms with Gasteiger partial charge in [0.15, 0.2) is 0 Å². The van der Waals surface area contributed by atoms with Crippen molar-refractivity contribution in [3.05, 3.63) is 115 Å². The average Bonchev–Trinajstić information content (AvgIpc) is 3.00. The standard InChI is InChI=1S/C33H24F6N2O3/c34-31(35)33(38,39)32(36,37)28-18-17-27(19-1-9-23(10-2-19)43-25-13-5-21(40)6-14-25)29(30(28)42)20-3-11-24(12-4-20)44-26-15-7-22(41)8-16-26/h1-18,31,42H,40-41H2. The number of halogens is 6. The van der Waals surface area contributed by atoms with Crippen molar-refractivity contribution in [1.82, 2.24) is 0 Å². The van der Waals surface area contributed by atoms with Crippen LogP contribution in [0.2, 0.25) is 0 Å². The van der Waals surface area contributed by atoms with Gasteiger partial charge in [-0.2, -0.15) is 17.6 Å². The van der Waals surface area contributed by atoms with E-state index >= 15 is 0 Å². The van der Waals surface area contributed by atoms with Crippen molar-refractivity contribution in [2.45, 2.75) is 18.3 Å². The number of phenolic OH excluding ortho intramolecular Hbond substituents is 1. The van der Waals surface area contributed by atoms with Gasteiger partial charge >= 0.3 is 18.3 Å². The van der Waals surface area contributed by atoms with Gasteiger partial charge in [-0.15, -0.1) is 0 Å². The summed E-state index contributed by atoms with van der Waals surface area (Å²) in [7, 11) is 0. The van der Waals surface area contributed by atoms with Crippen LogP contribution in [-0.2, 0) is 5.92 Å². The summed E-state index contributed by atoms with van der Waals surface area (Å²) in [6, 6.07) is 26.8. The van der Waals surface area contributed by atoms with E-state index in [1.807, 2.05) is 0 Å². The summed E-state index contributed by atoms with van der Waals surface area (Å²) >= 11 is 0. The molecule has 0 aromatic heterocycles. The SMILES string of the molecule is Nc1ccc(Oc2ccc(-c3ccc(C(F)(F)C(F)(F)C(F)F)c(O)c3-c3ccc(Oc4ccc(N)cc4)cc3)cc2)cc1. The first-order valence-electron chi connectivity index (χ1n) is 13.0. The smallest absolute Gasteiger partial charge is 0.373 e. The van der Waals surface area contributed by atoms with Crippen molar-refractivity contribution in [2.75, 3.05) is 11.5 Å². The number of ether oxygens (including phenoxy) is 2. The fourth-order valence-electron chi connectivity index (χ4n) is 4.43. The number of rotatable bonds is 9. The lowest BCUT2D eigenvalue weighted by atomic mass is 9.89. The Morgan fingerprint density at radius 3 is 1.34 bits per heavy atom. The van der Waals surface area contributed by atoms with Gasteiger partial charge in [-0.25, -0.2) is 8.78 Å². The molecule has 11 heteroatoms. The molecule has 0 spiro atoms. The summed E-state index contributed by atoms with van der Waals surface area (Å²) in [5, 5.41) is 11.0. The number of nitrogen functional groups attached to an aromatic ring is 2. The van der Waals surface area contributed by atoms with Gasteiger partial charge in [0, 0.05) is 16.9 Å². The molecule has 5 N–H and O–H groups in total. The van der Waals surface area contributed by atoms with E-state index in [1.54, 1.807) is 72.8 Å². The molecule has 0 radical (unpaired) electrons. The van der Waals surface area contributed by atoms with Gasteiger partial charge in [-0.05, 0) is 95.6 Å². The van der Waals surface area contributed by atoms with E-state index in [-0.39, 0.29) is 16.7 Å². The molecule has 0 saturated heterocycles. The lowest BCUT2D eigenvalue weighted by molar-refractivity contribution is -0.270. The quantitative estimate of drug-likeness (QED) is 0.114. The number of benzene rings is 5. The third kappa shape index (κ3) is 5.94. The Hall–Kier alpha value is -5.32. The predicted molar refractivity (Wildman–Crippen MR) is 156 cm³/mol. The van der Waals surface area contributed by atoms with Gasteiger partial charge in [0.1, 0.15) is 28.7 Å². The Bertz CT molecular complexity index is 1740. The minimum Gasteiger partial charge on any atom is -0.507 e. The fourth-order valence-corrected chi connectivity index (χ4v) is 4.43. The Morgan fingerprint density at radius 1 is 0.545 bits per heavy atom. The van der Waals surface area contributed by atoms with E-state index in [1.165, 1.54) is 24.3 Å². The van der Waals surface area contributed by atoms with Gasteiger partial charge in [0.25, 0.3) is 0 Å². The highest BCUT2D eigenvalue weighted by Crippen LogP contribution is 2.52. The highest BCUT2D eigenvalue weighted by atomic mass is 19.3. The van der Waals surface area contributed by atoms with Crippen LogP contribution in [0.15, 0.2) is 109 Å². The number of nitrogens with two attached hydrogens (primary N) is 2. The molecule has 0 heterocycles. The average molecular weight is 611 g/mol. The second-order valence-corrected chi connectivity index (χ2v) is 9.77. The Labute approximate surface area is 247 Å². The Morgan fingerprint density at radius 2 is 0.932 bits per heavy atom. The van der Waals surface area contributed by atoms with E-state index in [4.69, 9.17) is 20.9 Å². The number of aromatic hydroxyl groups is 1. The minimum absolute atomic E-state index is 0.127. The molecule has 5 nitrogen and oxygen atoms in total. The molecule has 0 aliphatic heterocycles. The number of hydrogen-bond donors (Lipinski definition) is 3. The van der Waals surface area contributed by atoms with Crippen LogP contribution in [0.5, 0.6) is 28.7 Å². The zero-order valence-corrected chi connectivity index (χ0v) is 22.7. The monoisotopic (exact) mass is 610 g/mol. The van der Waals surface area contributed by atoms with Gasteiger partial charge in [-0.3, -0.25) is 0 Å². The molecule has 0 bridgehead atoms. The van der Waals surface area contributed by atoms with Crippen LogP contribution < -0.4 is 20.9 Å². The molecule has 5 aromatic carbocycles. The van der Waals surface area contributed by atoms with E-state index < -0.39 is 29.6 Å². The molecule has 0 saturated carbocycles. The molecule has 0 fully saturated rings. The van der Waals surface area contributed by atoms with E-state index in [9.17, 15) is 31.4 Å². The first-order chi connectivity index (χ1) is 20.9. The van der Waals surface area contributed by atoms with Crippen molar-refractivity contribution < 1.29 is 40.9 Å². The number of alkyl halides is 6. The summed E-state index contributed by atoms with van der Waals surface area (Å²) in [4.78, 5) is 0. The first kappa shape index (κ1) is 30.1. The third-order valence-electron chi connectivity index (χ3n) is 6.75. The van der Waals surface area contributed by atoms with Crippen LogP contribution in [-0.4, -0.2) is 17.5 Å². The van der Waals surface area contributed by atoms with Crippen molar-refractivity contribution in [3.63, 3.8) is 0 Å². The molecule has 0 unspecified atom stereocenters. The molecule has 0 atom stereocenters. The van der Waals surface area contributed by atoms with Gasteiger partial charge in [0.05, 0.1) is 5.56 Å². The van der Waals surface area contributed by atoms with Gasteiger partial charge in [0.2, 0.25) is 0 Å². The molecule has 0 aliphatic rings. The maximum absolute atomic E-state index is 14.9. The maximum atomic E-state index is 14.9. The molecule has 5 aromatic rings. The lowest BCUT2D eigenvalue weighted by Gasteiger charge is -2.28. The zero-order chi connectivity index (χ0) is 31.6. The largest absolute Gasteiger partial charge is 0.507 e. The zero-order valence-electron chi connectivity index (χ0n) is 22.7. The van der Waals surface area contributed by atoms with E-state index in [2.05, 4.69) is 0 Å². The van der Waals surface area contributed by atoms with Crippen molar-refractivity contribution in [2.24, 2.45) is 0 Å². The normalized spacial score (nSPS) is 11.9. The van der Waals surface area contributed by atoms with Crippen LogP contribution in [0.3, 0.4) is 0 Å². The second kappa shape index (κ2) is 11.8. The molecular weight excluding hydrogens is 586 g/mol. The van der Waals surface area contributed by atoms with E-state index in [0.717, 1.165) is 6.07 Å². The number of phenols is 1. The van der Waals surface area contributed by atoms with Crippen LogP contribution in [0.4, 0.5) is 37.7 Å². The lowest BCUT2D eigenvalue weighted by Crippen LogP contribution is -2.44. The van der Waals surface area contributed by atoms with E-state index in [0.29, 0.717) is 46.0 Å². The summed E-state index contributed by atoms with van der Waals surface area (Å²) < 4.78 is 95.3. The second-order valence-electron chi connectivity index (χ2n) is 9.77. The Kier molecular flexibility index (Phi) is 8.05. The van der Waals surface area contributed by atoms with Crippen LogP contribution >= 0.6 is 0 Å². The van der Waals surface area contributed by atoms with Crippen molar-refractivity contribution in [1.29, 1.82) is 0 Å². The van der Waals surface area contributed by atoms with Crippen LogP contribution in [0.25, 0.3) is 22.3 Å². The van der Waals surface area contributed by atoms with Crippen molar-refractivity contribution in [3.8, 4) is 51.0 Å². The minimum atomic E-state index is -5.75. The van der Waals surface area contributed by atoms with Gasteiger partial charge < -0.3 is 26.0 Å². The maximum Gasteiger partial charge on any atom is 0.373 e. The highest BCUT2D eigenvalue weighted by molar-refractivity contribution is 5.89. The third-order valence-corrected chi connectivity index (χ3v) is 6.75. The summed E-state index contributed by atoms with van der Waals surface area (Å²) in [5.74, 6) is -10.7. The molecule has 226 valence electrons. The molecule has 5 rings (SSSR count). The summed E-state index contributed by atoms with van der Waals surface area (Å²) in [6.45, 7) is 0. The Balaban J connectivity index is 1.56. The molecule has 0 aliphatic carbocycles. The molecular formula is C33H24F6N2O3. The van der Waals surface area contributed by atoms with Gasteiger partial charge in [-0.1, -0.05) is 30.3 Å². The number of anilines is 2. The topological polar surface area (TPSA) is 90.7 Å². The van der Waals surface area contributed by atoms with Crippen LogP contribution in [0.1, 0.15) is 5.56 Å². The highest BCUT2D eigenvalue weighted by Gasteiger charge is 2.64.